The zero-order valence-electron chi connectivity index (χ0n) is 20.9. The van der Waals surface area contributed by atoms with E-state index in [-0.39, 0.29) is 11.6 Å². The summed E-state index contributed by atoms with van der Waals surface area (Å²) in [6.07, 6.45) is 3.50. The fourth-order valence-corrected chi connectivity index (χ4v) is 4.57. The molecular weight excluding hydrogens is 518 g/mol. The van der Waals surface area contributed by atoms with Gasteiger partial charge < -0.3 is 0 Å². The van der Waals surface area contributed by atoms with Gasteiger partial charge in [-0.15, -0.1) is 0 Å². The maximum absolute atomic E-state index is 12.7. The van der Waals surface area contributed by atoms with E-state index in [0.29, 0.717) is 10.9 Å². The van der Waals surface area contributed by atoms with Gasteiger partial charge in [0.1, 0.15) is 11.6 Å². The van der Waals surface area contributed by atoms with Crippen molar-refractivity contribution in [2.45, 2.75) is 49.5 Å². The number of aryl methyl sites for hydroxylation is 4. The molecule has 0 bridgehead atoms. The Morgan fingerprint density at radius 3 is 1.76 bits per heavy atom. The van der Waals surface area contributed by atoms with Gasteiger partial charge in [-0.1, -0.05) is 36.0 Å². The lowest BCUT2D eigenvalue weighted by Crippen LogP contribution is -2.04. The Labute approximate surface area is 221 Å². The molecule has 0 aliphatic rings. The van der Waals surface area contributed by atoms with E-state index < -0.39 is 10.8 Å². The van der Waals surface area contributed by atoms with Crippen LogP contribution in [0.2, 0.25) is 0 Å². The third kappa shape index (κ3) is 10.0. The van der Waals surface area contributed by atoms with E-state index in [1.807, 2.05) is 33.9 Å². The van der Waals surface area contributed by atoms with E-state index in [1.54, 1.807) is 42.2 Å². The molecule has 4 rings (SSSR count). The van der Waals surface area contributed by atoms with E-state index in [1.165, 1.54) is 24.3 Å². The molecule has 4 aromatic rings. The first-order valence-electron chi connectivity index (χ1n) is 11.0. The molecule has 0 aliphatic heterocycles. The highest BCUT2D eigenvalue weighted by Gasteiger charge is 2.09. The van der Waals surface area contributed by atoms with Gasteiger partial charge in [-0.2, -0.15) is 0 Å². The van der Waals surface area contributed by atoms with Crippen LogP contribution in [-0.2, 0) is 22.3 Å². The van der Waals surface area contributed by atoms with Crippen molar-refractivity contribution in [3.8, 4) is 0 Å². The monoisotopic (exact) mass is 546 g/mol. The molecular formula is C26H28F2N4O3S2. The van der Waals surface area contributed by atoms with Gasteiger partial charge in [0.15, 0.2) is 5.16 Å². The fraction of sp³-hybridized carbons (Fsp3) is 0.231. The van der Waals surface area contributed by atoms with Crippen LogP contribution in [0.15, 0.2) is 71.2 Å². The van der Waals surface area contributed by atoms with Crippen molar-refractivity contribution < 1.29 is 23.5 Å². The van der Waals surface area contributed by atoms with Crippen LogP contribution >= 0.6 is 11.8 Å². The molecule has 2 aromatic heterocycles. The largest absolute Gasteiger partial charge is 0.255 e. The molecule has 7 nitrogen and oxygen atoms in total. The summed E-state index contributed by atoms with van der Waals surface area (Å²) < 4.78 is 37.5. The highest BCUT2D eigenvalue weighted by atomic mass is 32.2. The van der Waals surface area contributed by atoms with E-state index in [9.17, 15) is 13.0 Å². The third-order valence-electron chi connectivity index (χ3n) is 5.10. The predicted octanol–water partition coefficient (Wildman–Crippen LogP) is 6.08. The van der Waals surface area contributed by atoms with Crippen LogP contribution in [0.3, 0.4) is 0 Å². The van der Waals surface area contributed by atoms with E-state index in [0.717, 1.165) is 44.6 Å². The molecule has 0 amide bonds. The minimum atomic E-state index is -1.30. The Morgan fingerprint density at radius 2 is 1.24 bits per heavy atom. The summed E-state index contributed by atoms with van der Waals surface area (Å²) in [6.45, 7) is 7.72. The summed E-state index contributed by atoms with van der Waals surface area (Å²) in [7, 11) is -1.30. The molecule has 0 radical (unpaired) electrons. The number of hydrogen-bond donors (Lipinski definition) is 2. The smallest absolute Gasteiger partial charge is 0.219 e. The summed E-state index contributed by atoms with van der Waals surface area (Å²) in [6, 6.07) is 12.4. The first kappa shape index (κ1) is 30.1. The van der Waals surface area contributed by atoms with Gasteiger partial charge in [-0.25, -0.2) is 28.7 Å². The van der Waals surface area contributed by atoms with Crippen molar-refractivity contribution in [2.75, 3.05) is 0 Å². The maximum Gasteiger partial charge on any atom is 0.219 e. The second-order valence-corrected chi connectivity index (χ2v) is 10.2. The number of benzene rings is 2. The van der Waals surface area contributed by atoms with Crippen molar-refractivity contribution >= 4 is 22.6 Å². The van der Waals surface area contributed by atoms with Crippen molar-refractivity contribution in [1.29, 1.82) is 0 Å². The standard InChI is InChI=1S/C13H13FN2OS.C13H13FN2S.H2O2/c1-9-7-15-13(16-10(9)2)18(17)8-11-3-5-12(14)6-4-11;1-9-7-15-13(16-10(9)2)17-8-11-3-5-12(14)6-4-11;1-2/h3-7H,8H2,1-2H3;3-7H,8H2,1-2H3;1-2H. The molecule has 196 valence electrons. The SMILES string of the molecule is Cc1cnc(S(=O)Cc2ccc(F)cc2)nc1C.Cc1cnc(SCc2ccc(F)cc2)nc1C.OO. The quantitative estimate of drug-likeness (QED) is 0.130. The van der Waals surface area contributed by atoms with Gasteiger partial charge in [0.25, 0.3) is 0 Å². The summed E-state index contributed by atoms with van der Waals surface area (Å²) in [5.74, 6) is 0.541. The van der Waals surface area contributed by atoms with Crippen LogP contribution in [0.25, 0.3) is 0 Å². The zero-order valence-corrected chi connectivity index (χ0v) is 22.5. The van der Waals surface area contributed by atoms with E-state index in [4.69, 9.17) is 10.5 Å². The number of thioether (sulfide) groups is 1. The van der Waals surface area contributed by atoms with Crippen molar-refractivity contribution in [3.63, 3.8) is 0 Å². The van der Waals surface area contributed by atoms with Gasteiger partial charge in [-0.05, 0) is 74.2 Å². The summed E-state index contributed by atoms with van der Waals surface area (Å²) in [4.78, 5) is 16.9. The molecule has 0 saturated heterocycles. The molecule has 0 fully saturated rings. The average Bonchev–Trinajstić information content (AvgIpc) is 2.90. The van der Waals surface area contributed by atoms with Gasteiger partial charge in [0.2, 0.25) is 5.16 Å². The minimum absolute atomic E-state index is 0.207. The first-order valence-corrected chi connectivity index (χ1v) is 13.3. The number of aromatic nitrogens is 4. The topological polar surface area (TPSA) is 109 Å². The summed E-state index contributed by atoms with van der Waals surface area (Å²) in [5.41, 5.74) is 5.76. The molecule has 0 saturated carbocycles. The Bertz CT molecular complexity index is 1310. The molecule has 2 aromatic carbocycles. The Morgan fingerprint density at radius 1 is 0.757 bits per heavy atom. The Balaban J connectivity index is 0.000000244. The molecule has 2 heterocycles. The minimum Gasteiger partial charge on any atom is -0.255 e. The average molecular weight is 547 g/mol. The van der Waals surface area contributed by atoms with Gasteiger partial charge in [0.05, 0.1) is 16.6 Å². The van der Waals surface area contributed by atoms with E-state index >= 15 is 0 Å². The van der Waals surface area contributed by atoms with Crippen LogP contribution in [-0.4, -0.2) is 34.7 Å². The second kappa shape index (κ2) is 15.2. The van der Waals surface area contributed by atoms with Crippen molar-refractivity contribution in [2.24, 2.45) is 0 Å². The van der Waals surface area contributed by atoms with Gasteiger partial charge in [-0.3, -0.25) is 14.7 Å². The normalized spacial score (nSPS) is 11.0. The van der Waals surface area contributed by atoms with Crippen LogP contribution in [0.4, 0.5) is 8.78 Å². The van der Waals surface area contributed by atoms with Gasteiger partial charge >= 0.3 is 0 Å². The van der Waals surface area contributed by atoms with Crippen molar-refractivity contribution in [1.82, 2.24) is 19.9 Å². The molecule has 11 heteroatoms. The predicted molar refractivity (Wildman–Crippen MR) is 141 cm³/mol. The Kier molecular flexibility index (Phi) is 12.4. The lowest BCUT2D eigenvalue weighted by Gasteiger charge is -2.03. The molecule has 0 aliphatic carbocycles. The molecule has 1 atom stereocenters. The van der Waals surface area contributed by atoms with Crippen LogP contribution < -0.4 is 0 Å². The number of hydrogen-bond acceptors (Lipinski definition) is 8. The fourth-order valence-electron chi connectivity index (χ4n) is 2.72. The highest BCUT2D eigenvalue weighted by molar-refractivity contribution is 7.98. The molecule has 2 N–H and O–H groups in total. The van der Waals surface area contributed by atoms with Crippen LogP contribution in [0.1, 0.15) is 33.6 Å². The number of nitrogens with zero attached hydrogens (tertiary/aromatic N) is 4. The molecule has 37 heavy (non-hydrogen) atoms. The van der Waals surface area contributed by atoms with Crippen LogP contribution in [0, 0.1) is 39.3 Å². The number of rotatable bonds is 6. The van der Waals surface area contributed by atoms with Gasteiger partial charge in [0, 0.05) is 29.5 Å². The van der Waals surface area contributed by atoms with Crippen LogP contribution in [0.5, 0.6) is 0 Å². The second-order valence-electron chi connectivity index (χ2n) is 7.87. The molecule has 1 unspecified atom stereocenters. The molecule has 0 spiro atoms. The first-order chi connectivity index (χ1) is 17.7. The highest BCUT2D eigenvalue weighted by Crippen LogP contribution is 2.20. The Hall–Kier alpha value is -3.12. The maximum atomic E-state index is 12.7. The third-order valence-corrected chi connectivity index (χ3v) is 7.23. The zero-order chi connectivity index (χ0) is 27.4. The lowest BCUT2D eigenvalue weighted by molar-refractivity contribution is -0.176. The number of halogens is 2. The van der Waals surface area contributed by atoms with E-state index in [2.05, 4.69) is 19.9 Å². The summed E-state index contributed by atoms with van der Waals surface area (Å²) >= 11 is 1.56. The summed E-state index contributed by atoms with van der Waals surface area (Å²) in [5, 5.41) is 13.1. The van der Waals surface area contributed by atoms with Crippen molar-refractivity contribution in [3.05, 3.63) is 106 Å². The lowest BCUT2D eigenvalue weighted by atomic mass is 10.2.